The molecule has 0 bridgehead atoms. The fraction of sp³-hybridized carbons (Fsp3) is 0.364. The molecule has 4 heteroatoms. The Balaban J connectivity index is 2.47. The number of anilines is 1. The van der Waals surface area contributed by atoms with Crippen molar-refractivity contribution in [1.29, 1.82) is 0 Å². The summed E-state index contributed by atoms with van der Waals surface area (Å²) in [7, 11) is 1.75. The average molecular weight is 225 g/mol. The monoisotopic (exact) mass is 224 g/mol. The van der Waals surface area contributed by atoms with Gasteiger partial charge in [0.15, 0.2) is 0 Å². The van der Waals surface area contributed by atoms with Gasteiger partial charge in [-0.15, -0.1) is 0 Å². The number of aryl methyl sites for hydroxylation is 1. The summed E-state index contributed by atoms with van der Waals surface area (Å²) in [4.78, 5) is 13.4. The van der Waals surface area contributed by atoms with E-state index in [0.29, 0.717) is 11.4 Å². The van der Waals surface area contributed by atoms with Gasteiger partial charge in [-0.3, -0.25) is 4.79 Å². The molecule has 80 valence electrons. The van der Waals surface area contributed by atoms with Gasteiger partial charge in [0, 0.05) is 17.8 Å². The topological polar surface area (TPSA) is 46.3 Å². The number of rotatable bonds is 0. The number of hydrogen-bond donors (Lipinski definition) is 1. The van der Waals surface area contributed by atoms with Crippen LogP contribution in [0.2, 0.25) is 5.02 Å². The highest BCUT2D eigenvalue weighted by Gasteiger charge is 2.24. The van der Waals surface area contributed by atoms with Crippen molar-refractivity contribution in [2.45, 2.75) is 18.9 Å². The number of likely N-dealkylation sites (N-methyl/N-ethyl adjacent to an activating group) is 1. The molecule has 15 heavy (non-hydrogen) atoms. The molecule has 0 saturated carbocycles. The predicted molar refractivity (Wildman–Crippen MR) is 61.2 cm³/mol. The Labute approximate surface area is 93.8 Å². The molecular formula is C11H13ClN2O. The van der Waals surface area contributed by atoms with Crippen LogP contribution in [-0.4, -0.2) is 19.0 Å². The molecule has 1 aliphatic rings. The Morgan fingerprint density at radius 1 is 1.53 bits per heavy atom. The van der Waals surface area contributed by atoms with Crippen LogP contribution in [-0.2, 0) is 11.2 Å². The van der Waals surface area contributed by atoms with E-state index in [1.165, 1.54) is 0 Å². The summed E-state index contributed by atoms with van der Waals surface area (Å²) in [5.74, 6) is -0.0314. The van der Waals surface area contributed by atoms with Crippen LogP contribution in [0.1, 0.15) is 12.0 Å². The van der Waals surface area contributed by atoms with Gasteiger partial charge in [0.25, 0.3) is 0 Å². The third kappa shape index (κ3) is 1.85. The van der Waals surface area contributed by atoms with Crippen LogP contribution in [0.5, 0.6) is 0 Å². The Bertz CT molecular complexity index is 406. The molecule has 2 rings (SSSR count). The highest BCUT2D eigenvalue weighted by molar-refractivity contribution is 6.30. The van der Waals surface area contributed by atoms with Crippen LogP contribution < -0.4 is 10.6 Å². The summed E-state index contributed by atoms with van der Waals surface area (Å²) in [5.41, 5.74) is 7.77. The van der Waals surface area contributed by atoms with Crippen molar-refractivity contribution in [2.75, 3.05) is 11.9 Å². The molecule has 1 heterocycles. The van der Waals surface area contributed by atoms with E-state index >= 15 is 0 Å². The molecule has 0 saturated heterocycles. The van der Waals surface area contributed by atoms with E-state index in [1.807, 2.05) is 12.1 Å². The van der Waals surface area contributed by atoms with Gasteiger partial charge in [-0.1, -0.05) is 11.6 Å². The molecule has 0 radical (unpaired) electrons. The minimum atomic E-state index is -0.402. The smallest absolute Gasteiger partial charge is 0.243 e. The first-order valence-electron chi connectivity index (χ1n) is 4.91. The van der Waals surface area contributed by atoms with Crippen molar-refractivity contribution in [2.24, 2.45) is 5.73 Å². The molecule has 3 nitrogen and oxygen atoms in total. The normalized spacial score (nSPS) is 21.1. The van der Waals surface area contributed by atoms with Gasteiger partial charge in [0.05, 0.1) is 6.04 Å². The molecule has 0 aliphatic carbocycles. The van der Waals surface area contributed by atoms with Gasteiger partial charge in [0.2, 0.25) is 5.91 Å². The maximum atomic E-state index is 11.8. The molecule has 1 aromatic rings. The molecule has 1 atom stereocenters. The number of nitrogens with zero attached hydrogens (tertiary/aromatic N) is 1. The van der Waals surface area contributed by atoms with Crippen molar-refractivity contribution < 1.29 is 4.79 Å². The second-order valence-electron chi connectivity index (χ2n) is 3.82. The van der Waals surface area contributed by atoms with Gasteiger partial charge in [-0.2, -0.15) is 0 Å². The lowest BCUT2D eigenvalue weighted by Gasteiger charge is -2.19. The number of hydrogen-bond acceptors (Lipinski definition) is 2. The fourth-order valence-corrected chi connectivity index (χ4v) is 2.08. The van der Waals surface area contributed by atoms with Gasteiger partial charge in [0.1, 0.15) is 0 Å². The first-order valence-corrected chi connectivity index (χ1v) is 5.29. The molecule has 1 aromatic carbocycles. The van der Waals surface area contributed by atoms with E-state index < -0.39 is 6.04 Å². The SMILES string of the molecule is CN1C(=O)[C@@H](N)CCc2cc(Cl)ccc21. The summed E-state index contributed by atoms with van der Waals surface area (Å²) in [6.45, 7) is 0. The number of carbonyl (C=O) groups is 1. The van der Waals surface area contributed by atoms with Crippen LogP contribution in [0.3, 0.4) is 0 Å². The quantitative estimate of drug-likeness (QED) is 0.727. The molecule has 0 spiro atoms. The maximum absolute atomic E-state index is 11.8. The summed E-state index contributed by atoms with van der Waals surface area (Å²) in [5, 5.41) is 0.699. The van der Waals surface area contributed by atoms with E-state index in [-0.39, 0.29) is 5.91 Å². The number of carbonyl (C=O) groups excluding carboxylic acids is 1. The van der Waals surface area contributed by atoms with E-state index in [1.54, 1.807) is 18.0 Å². The zero-order chi connectivity index (χ0) is 11.0. The van der Waals surface area contributed by atoms with Gasteiger partial charge < -0.3 is 10.6 Å². The lowest BCUT2D eigenvalue weighted by atomic mass is 10.1. The minimum absolute atomic E-state index is 0.0314. The fourth-order valence-electron chi connectivity index (χ4n) is 1.88. The van der Waals surface area contributed by atoms with E-state index in [2.05, 4.69) is 0 Å². The lowest BCUT2D eigenvalue weighted by Crippen LogP contribution is -2.40. The van der Waals surface area contributed by atoms with E-state index in [4.69, 9.17) is 17.3 Å². The third-order valence-electron chi connectivity index (χ3n) is 2.78. The zero-order valence-corrected chi connectivity index (χ0v) is 9.29. The van der Waals surface area contributed by atoms with Crippen molar-refractivity contribution in [3.63, 3.8) is 0 Å². The molecule has 2 N–H and O–H groups in total. The van der Waals surface area contributed by atoms with Crippen LogP contribution >= 0.6 is 11.6 Å². The van der Waals surface area contributed by atoms with Gasteiger partial charge in [-0.25, -0.2) is 0 Å². The summed E-state index contributed by atoms with van der Waals surface area (Å²) in [6.07, 6.45) is 1.48. The summed E-state index contributed by atoms with van der Waals surface area (Å²) >= 11 is 5.92. The van der Waals surface area contributed by atoms with Gasteiger partial charge in [-0.05, 0) is 36.6 Å². The van der Waals surface area contributed by atoms with Crippen molar-refractivity contribution >= 4 is 23.2 Å². The number of nitrogens with two attached hydrogens (primary N) is 1. The van der Waals surface area contributed by atoms with Gasteiger partial charge >= 0.3 is 0 Å². The predicted octanol–water partition coefficient (Wildman–Crippen LogP) is 1.58. The molecule has 0 fully saturated rings. The molecular weight excluding hydrogens is 212 g/mol. The van der Waals surface area contributed by atoms with E-state index in [0.717, 1.165) is 17.7 Å². The first-order chi connectivity index (χ1) is 7.09. The van der Waals surface area contributed by atoms with Crippen LogP contribution in [0.15, 0.2) is 18.2 Å². The molecule has 0 aromatic heterocycles. The first kappa shape index (κ1) is 10.5. The Kier molecular flexibility index (Phi) is 2.67. The number of benzene rings is 1. The van der Waals surface area contributed by atoms with E-state index in [9.17, 15) is 4.79 Å². The zero-order valence-electron chi connectivity index (χ0n) is 8.53. The molecule has 1 amide bonds. The highest BCUT2D eigenvalue weighted by atomic mass is 35.5. The Hall–Kier alpha value is -1.06. The number of amides is 1. The average Bonchev–Trinajstić information content (AvgIpc) is 2.32. The molecule has 0 unspecified atom stereocenters. The van der Waals surface area contributed by atoms with Crippen LogP contribution in [0.25, 0.3) is 0 Å². The largest absolute Gasteiger partial charge is 0.320 e. The lowest BCUT2D eigenvalue weighted by molar-refractivity contribution is -0.119. The Morgan fingerprint density at radius 3 is 3.00 bits per heavy atom. The molecule has 1 aliphatic heterocycles. The highest BCUT2D eigenvalue weighted by Crippen LogP contribution is 2.28. The number of fused-ring (bicyclic) bond motifs is 1. The van der Waals surface area contributed by atoms with Crippen molar-refractivity contribution in [1.82, 2.24) is 0 Å². The van der Waals surface area contributed by atoms with Crippen LogP contribution in [0.4, 0.5) is 5.69 Å². The number of halogens is 1. The second kappa shape index (κ2) is 3.83. The van der Waals surface area contributed by atoms with Crippen LogP contribution in [0, 0.1) is 0 Å². The maximum Gasteiger partial charge on any atom is 0.243 e. The van der Waals surface area contributed by atoms with Crippen molar-refractivity contribution in [3.05, 3.63) is 28.8 Å². The standard InChI is InChI=1S/C11H13ClN2O/c1-14-10-5-3-8(12)6-7(10)2-4-9(13)11(14)15/h3,5-6,9H,2,4,13H2,1H3/t9-/m0/s1. The second-order valence-corrected chi connectivity index (χ2v) is 4.25. The summed E-state index contributed by atoms with van der Waals surface area (Å²) in [6, 6.07) is 5.16. The third-order valence-corrected chi connectivity index (χ3v) is 3.01. The van der Waals surface area contributed by atoms with Crippen molar-refractivity contribution in [3.8, 4) is 0 Å². The minimum Gasteiger partial charge on any atom is -0.320 e. The Morgan fingerprint density at radius 2 is 2.27 bits per heavy atom. The summed E-state index contributed by atoms with van der Waals surface area (Å²) < 4.78 is 0.